The van der Waals surface area contributed by atoms with Crippen molar-refractivity contribution in [3.8, 4) is 0 Å². The van der Waals surface area contributed by atoms with E-state index < -0.39 is 21.7 Å². The van der Waals surface area contributed by atoms with E-state index in [1.54, 1.807) is 29.7 Å². The molecule has 1 amide bonds. The van der Waals surface area contributed by atoms with Crippen LogP contribution >= 0.6 is 34.5 Å². The fourth-order valence-electron chi connectivity index (χ4n) is 3.33. The summed E-state index contributed by atoms with van der Waals surface area (Å²) in [6.45, 7) is 1.94. The Labute approximate surface area is 208 Å². The first-order valence-electron chi connectivity index (χ1n) is 9.74. The number of aryl methyl sites for hydroxylation is 1. The number of carbonyl (C=O) groups excluding carboxylic acids is 1. The van der Waals surface area contributed by atoms with E-state index in [0.29, 0.717) is 20.7 Å². The molecule has 12 heteroatoms. The SMILES string of the molecule is Cc1[nH]c(C(=O)N=c2sc3cc(C(=O)O)ccc3n2Cc2ccc(S(C)(=O)=O)cc2)c(Cl)c1Cl. The smallest absolute Gasteiger partial charge is 0.335 e. The molecule has 0 bridgehead atoms. The number of aromatic nitrogens is 2. The molecule has 0 fully saturated rings. The second-order valence-corrected chi connectivity index (χ2v) is 11.3. The number of benzene rings is 2. The van der Waals surface area contributed by atoms with Crippen molar-refractivity contribution in [2.24, 2.45) is 4.99 Å². The number of rotatable bonds is 5. The number of H-pyrrole nitrogens is 1. The molecule has 0 atom stereocenters. The predicted molar refractivity (Wildman–Crippen MR) is 131 cm³/mol. The number of aromatic amines is 1. The Bertz CT molecular complexity index is 1630. The second kappa shape index (κ2) is 9.03. The molecule has 4 rings (SSSR count). The number of sulfone groups is 1. The van der Waals surface area contributed by atoms with Crippen LogP contribution in [0.25, 0.3) is 10.2 Å². The number of amides is 1. The van der Waals surface area contributed by atoms with Gasteiger partial charge in [-0.1, -0.05) is 46.7 Å². The summed E-state index contributed by atoms with van der Waals surface area (Å²) < 4.78 is 25.9. The van der Waals surface area contributed by atoms with Gasteiger partial charge in [0.1, 0.15) is 5.69 Å². The van der Waals surface area contributed by atoms with Gasteiger partial charge in [-0.05, 0) is 42.8 Å². The zero-order valence-corrected chi connectivity index (χ0v) is 20.9. The summed E-state index contributed by atoms with van der Waals surface area (Å²) in [7, 11) is -3.34. The number of nitrogens with one attached hydrogen (secondary N) is 1. The van der Waals surface area contributed by atoms with Crippen LogP contribution in [0.3, 0.4) is 0 Å². The summed E-state index contributed by atoms with van der Waals surface area (Å²) in [6, 6.07) is 11.0. The van der Waals surface area contributed by atoms with Gasteiger partial charge in [0.25, 0.3) is 5.91 Å². The van der Waals surface area contributed by atoms with E-state index in [1.807, 2.05) is 0 Å². The van der Waals surface area contributed by atoms with E-state index >= 15 is 0 Å². The number of hydrogen-bond donors (Lipinski definition) is 2. The van der Waals surface area contributed by atoms with Crippen LogP contribution in [0.1, 0.15) is 32.1 Å². The molecule has 0 spiro atoms. The number of carbonyl (C=O) groups is 2. The van der Waals surface area contributed by atoms with Crippen LogP contribution in [-0.2, 0) is 16.4 Å². The highest BCUT2D eigenvalue weighted by Crippen LogP contribution is 2.29. The summed E-state index contributed by atoms with van der Waals surface area (Å²) >= 11 is 13.4. The van der Waals surface area contributed by atoms with Crippen LogP contribution < -0.4 is 4.80 Å². The fraction of sp³-hybridized carbons (Fsp3) is 0.136. The average molecular weight is 538 g/mol. The standard InChI is InChI=1S/C22H17Cl2N3O5S2/c1-11-17(23)18(24)19(25-11)20(28)26-22-27(10-12-3-6-14(7-4-12)34(2,31)32)15-8-5-13(21(29)30)9-16(15)33-22/h3-9,25H,10H2,1-2H3,(H,29,30). The summed E-state index contributed by atoms with van der Waals surface area (Å²) in [5.41, 5.74) is 2.12. The van der Waals surface area contributed by atoms with Crippen LogP contribution in [0.5, 0.6) is 0 Å². The van der Waals surface area contributed by atoms with Crippen molar-refractivity contribution in [1.29, 1.82) is 0 Å². The number of aromatic carboxylic acids is 1. The summed E-state index contributed by atoms with van der Waals surface area (Å²) in [5.74, 6) is -1.71. The topological polar surface area (TPSA) is 122 Å². The highest BCUT2D eigenvalue weighted by molar-refractivity contribution is 7.90. The van der Waals surface area contributed by atoms with Gasteiger partial charge in [-0.25, -0.2) is 13.2 Å². The van der Waals surface area contributed by atoms with Crippen LogP contribution in [0.15, 0.2) is 52.4 Å². The van der Waals surface area contributed by atoms with E-state index in [4.69, 9.17) is 23.2 Å². The van der Waals surface area contributed by atoms with Gasteiger partial charge >= 0.3 is 5.97 Å². The highest BCUT2D eigenvalue weighted by atomic mass is 35.5. The molecule has 0 aliphatic rings. The normalized spacial score (nSPS) is 12.4. The lowest BCUT2D eigenvalue weighted by atomic mass is 10.2. The highest BCUT2D eigenvalue weighted by Gasteiger charge is 2.19. The third-order valence-electron chi connectivity index (χ3n) is 5.09. The van der Waals surface area contributed by atoms with E-state index in [2.05, 4.69) is 9.98 Å². The first kappa shape index (κ1) is 24.2. The van der Waals surface area contributed by atoms with E-state index in [-0.39, 0.29) is 32.7 Å². The summed E-state index contributed by atoms with van der Waals surface area (Å²) in [4.78, 5) is 31.9. The number of carboxylic acids is 1. The molecule has 0 aliphatic carbocycles. The maximum Gasteiger partial charge on any atom is 0.335 e. The molecule has 2 aromatic carbocycles. The number of halogens is 2. The predicted octanol–water partition coefficient (Wildman–Crippen LogP) is 4.54. The van der Waals surface area contributed by atoms with Crippen molar-refractivity contribution in [3.05, 3.63) is 79.8 Å². The molecule has 2 N–H and O–H groups in total. The minimum absolute atomic E-state index is 0.0527. The van der Waals surface area contributed by atoms with Gasteiger partial charge in [-0.15, -0.1) is 0 Å². The Morgan fingerprint density at radius 1 is 1.12 bits per heavy atom. The molecule has 2 aromatic heterocycles. The molecule has 0 saturated carbocycles. The fourth-order valence-corrected chi connectivity index (χ4v) is 5.44. The summed E-state index contributed by atoms with van der Waals surface area (Å²) in [5, 5.41) is 9.65. The minimum atomic E-state index is -3.34. The van der Waals surface area contributed by atoms with Crippen LogP contribution in [0.4, 0.5) is 0 Å². The lowest BCUT2D eigenvalue weighted by Gasteiger charge is -2.07. The Morgan fingerprint density at radius 2 is 1.79 bits per heavy atom. The quantitative estimate of drug-likeness (QED) is 0.387. The average Bonchev–Trinajstić information content (AvgIpc) is 3.24. The third kappa shape index (κ3) is 4.67. The molecular weight excluding hydrogens is 521 g/mol. The molecule has 0 aliphatic heterocycles. The van der Waals surface area contributed by atoms with Gasteiger partial charge in [-0.2, -0.15) is 4.99 Å². The maximum absolute atomic E-state index is 12.9. The molecule has 8 nitrogen and oxygen atoms in total. The maximum atomic E-state index is 12.9. The third-order valence-corrected chi connectivity index (χ3v) is 8.20. The molecule has 0 unspecified atom stereocenters. The lowest BCUT2D eigenvalue weighted by Crippen LogP contribution is -2.18. The molecule has 0 radical (unpaired) electrons. The number of hydrogen-bond acceptors (Lipinski definition) is 5. The van der Waals surface area contributed by atoms with Crippen molar-refractivity contribution in [2.75, 3.05) is 6.26 Å². The number of fused-ring (bicyclic) bond motifs is 1. The largest absolute Gasteiger partial charge is 0.478 e. The zero-order valence-electron chi connectivity index (χ0n) is 17.8. The van der Waals surface area contributed by atoms with Crippen LogP contribution in [0.2, 0.25) is 10.0 Å². The van der Waals surface area contributed by atoms with Crippen molar-refractivity contribution >= 4 is 66.5 Å². The number of thiazole rings is 1. The van der Waals surface area contributed by atoms with Gasteiger partial charge < -0.3 is 14.7 Å². The molecular formula is C22H17Cl2N3O5S2. The second-order valence-electron chi connectivity index (χ2n) is 7.54. The Morgan fingerprint density at radius 3 is 2.35 bits per heavy atom. The first-order chi connectivity index (χ1) is 16.0. The van der Waals surface area contributed by atoms with Gasteiger partial charge in [0.2, 0.25) is 0 Å². The van der Waals surface area contributed by atoms with Crippen LogP contribution in [0, 0.1) is 6.92 Å². The minimum Gasteiger partial charge on any atom is -0.478 e. The van der Waals surface area contributed by atoms with Crippen molar-refractivity contribution < 1.29 is 23.1 Å². The van der Waals surface area contributed by atoms with E-state index in [1.165, 1.54) is 24.3 Å². The molecule has 2 heterocycles. The first-order valence-corrected chi connectivity index (χ1v) is 13.2. The lowest BCUT2D eigenvalue weighted by molar-refractivity contribution is 0.0696. The Balaban J connectivity index is 1.85. The van der Waals surface area contributed by atoms with E-state index in [0.717, 1.165) is 23.2 Å². The van der Waals surface area contributed by atoms with Crippen molar-refractivity contribution in [1.82, 2.24) is 9.55 Å². The zero-order chi connectivity index (χ0) is 24.8. The van der Waals surface area contributed by atoms with Gasteiger partial charge in [-0.3, -0.25) is 4.79 Å². The van der Waals surface area contributed by atoms with Gasteiger partial charge in [0.05, 0.1) is 37.3 Å². The Hall–Kier alpha value is -2.92. The van der Waals surface area contributed by atoms with E-state index in [9.17, 15) is 23.1 Å². The van der Waals surface area contributed by atoms with Crippen molar-refractivity contribution in [3.63, 3.8) is 0 Å². The van der Waals surface area contributed by atoms with Gasteiger partial charge in [0, 0.05) is 11.9 Å². The Kier molecular flexibility index (Phi) is 6.43. The molecule has 0 saturated heterocycles. The van der Waals surface area contributed by atoms with Crippen molar-refractivity contribution in [2.45, 2.75) is 18.4 Å². The number of nitrogens with zero attached hydrogens (tertiary/aromatic N) is 2. The molecule has 34 heavy (non-hydrogen) atoms. The molecule has 176 valence electrons. The number of carboxylic acid groups (broad SMARTS) is 1. The summed E-state index contributed by atoms with van der Waals surface area (Å²) in [6.07, 6.45) is 1.13. The van der Waals surface area contributed by atoms with Crippen LogP contribution in [-0.4, -0.2) is 41.2 Å². The molecule has 4 aromatic rings. The van der Waals surface area contributed by atoms with Gasteiger partial charge in [0.15, 0.2) is 14.6 Å². The monoisotopic (exact) mass is 537 g/mol.